The van der Waals surface area contributed by atoms with Crippen LogP contribution in [0.5, 0.6) is 5.75 Å². The Bertz CT molecular complexity index is 818. The molecule has 0 fully saturated rings. The number of anilines is 1. The van der Waals surface area contributed by atoms with Crippen LogP contribution in [0, 0.1) is 11.3 Å². The number of rotatable bonds is 4. The van der Waals surface area contributed by atoms with Crippen LogP contribution in [-0.2, 0) is 13.0 Å². The van der Waals surface area contributed by atoms with Crippen LogP contribution in [0.4, 0.5) is 5.00 Å². The van der Waals surface area contributed by atoms with Crippen LogP contribution in [0.1, 0.15) is 40.2 Å². The van der Waals surface area contributed by atoms with Gasteiger partial charge in [-0.3, -0.25) is 4.79 Å². The van der Waals surface area contributed by atoms with Gasteiger partial charge in [0.25, 0.3) is 5.91 Å². The molecule has 2 aromatic rings. The number of amides is 1. The zero-order chi connectivity index (χ0) is 18.0. The zero-order valence-electron chi connectivity index (χ0n) is 14.6. The second-order valence-electron chi connectivity index (χ2n) is 6.45. The van der Waals surface area contributed by atoms with Crippen LogP contribution < -0.4 is 10.1 Å². The highest BCUT2D eigenvalue weighted by atomic mass is 32.1. The summed E-state index contributed by atoms with van der Waals surface area (Å²) in [7, 11) is 2.06. The highest BCUT2D eigenvalue weighted by Crippen LogP contribution is 2.36. The highest BCUT2D eigenvalue weighted by molar-refractivity contribution is 7.16. The van der Waals surface area contributed by atoms with Crippen LogP contribution in [0.15, 0.2) is 24.3 Å². The van der Waals surface area contributed by atoms with Crippen molar-refractivity contribution in [3.05, 3.63) is 45.8 Å². The highest BCUT2D eigenvalue weighted by Gasteiger charge is 2.24. The summed E-state index contributed by atoms with van der Waals surface area (Å²) in [5.41, 5.74) is 2.24. The summed E-state index contributed by atoms with van der Waals surface area (Å²) >= 11 is 1.50. The summed E-state index contributed by atoms with van der Waals surface area (Å²) in [4.78, 5) is 15.9. The third kappa shape index (κ3) is 3.84. The molecule has 0 aliphatic carbocycles. The van der Waals surface area contributed by atoms with Crippen LogP contribution in [0.25, 0.3) is 0 Å². The first-order valence-electron chi connectivity index (χ1n) is 8.29. The Morgan fingerprint density at radius 2 is 2.08 bits per heavy atom. The number of nitrogens with zero attached hydrogens (tertiary/aromatic N) is 2. The van der Waals surface area contributed by atoms with E-state index >= 15 is 0 Å². The van der Waals surface area contributed by atoms with E-state index in [1.54, 1.807) is 24.3 Å². The largest absolute Gasteiger partial charge is 0.491 e. The van der Waals surface area contributed by atoms with E-state index in [9.17, 15) is 10.1 Å². The van der Waals surface area contributed by atoms with E-state index in [1.165, 1.54) is 16.2 Å². The van der Waals surface area contributed by atoms with Crippen LogP contribution in [-0.4, -0.2) is 30.5 Å². The summed E-state index contributed by atoms with van der Waals surface area (Å²) in [5, 5.41) is 13.1. The SMILES string of the molecule is CC(C)Oc1ccc(C(=O)Nc2sc3c(c2C#N)CCN(C)C3)cc1. The Morgan fingerprint density at radius 3 is 2.72 bits per heavy atom. The molecule has 6 heteroatoms. The molecule has 1 aliphatic rings. The standard InChI is InChI=1S/C19H21N3O2S/c1-12(2)24-14-6-4-13(5-7-14)18(23)21-19-16(10-20)15-8-9-22(3)11-17(15)25-19/h4-7,12H,8-9,11H2,1-3H3,(H,21,23). The first-order valence-corrected chi connectivity index (χ1v) is 9.11. The zero-order valence-corrected chi connectivity index (χ0v) is 15.4. The number of nitrogens with one attached hydrogen (secondary N) is 1. The van der Waals surface area contributed by atoms with Gasteiger partial charge in [0.1, 0.15) is 16.8 Å². The Kier molecular flexibility index (Phi) is 5.07. The van der Waals surface area contributed by atoms with Gasteiger partial charge in [0.15, 0.2) is 0 Å². The molecule has 5 nitrogen and oxygen atoms in total. The fourth-order valence-electron chi connectivity index (χ4n) is 2.87. The molecule has 0 spiro atoms. The molecule has 1 amide bonds. The number of thiophene rings is 1. The number of fused-ring (bicyclic) bond motifs is 1. The van der Waals surface area contributed by atoms with Gasteiger partial charge in [-0.2, -0.15) is 5.26 Å². The predicted octanol–water partition coefficient (Wildman–Crippen LogP) is 3.65. The van der Waals surface area contributed by atoms with Crippen molar-refractivity contribution in [3.63, 3.8) is 0 Å². The summed E-state index contributed by atoms with van der Waals surface area (Å²) in [6, 6.07) is 9.31. The molecule has 1 N–H and O–H groups in total. The third-order valence-corrected chi connectivity index (χ3v) is 5.21. The van der Waals surface area contributed by atoms with Gasteiger partial charge in [-0.1, -0.05) is 0 Å². The molecular weight excluding hydrogens is 334 g/mol. The molecule has 0 bridgehead atoms. The van der Waals surface area contributed by atoms with Gasteiger partial charge >= 0.3 is 0 Å². The van der Waals surface area contributed by atoms with Gasteiger partial charge in [-0.25, -0.2) is 0 Å². The molecule has 0 saturated carbocycles. The van der Waals surface area contributed by atoms with Gasteiger partial charge < -0.3 is 15.0 Å². The van der Waals surface area contributed by atoms with Crippen LogP contribution >= 0.6 is 11.3 Å². The number of hydrogen-bond donors (Lipinski definition) is 1. The van der Waals surface area contributed by atoms with Crippen molar-refractivity contribution in [2.45, 2.75) is 32.9 Å². The molecule has 1 aromatic carbocycles. The maximum Gasteiger partial charge on any atom is 0.256 e. The lowest BCUT2D eigenvalue weighted by atomic mass is 10.0. The van der Waals surface area contributed by atoms with Crippen molar-refractivity contribution >= 4 is 22.2 Å². The fraction of sp³-hybridized carbons (Fsp3) is 0.368. The Hall–Kier alpha value is -2.36. The lowest BCUT2D eigenvalue weighted by molar-refractivity contribution is 0.102. The molecule has 0 radical (unpaired) electrons. The monoisotopic (exact) mass is 355 g/mol. The normalized spacial score (nSPS) is 14.0. The molecule has 0 saturated heterocycles. The number of hydrogen-bond acceptors (Lipinski definition) is 5. The van der Waals surface area contributed by atoms with E-state index < -0.39 is 0 Å². The third-order valence-electron chi connectivity index (χ3n) is 4.07. The molecule has 0 unspecified atom stereocenters. The van der Waals surface area contributed by atoms with Gasteiger partial charge in [0.2, 0.25) is 0 Å². The predicted molar refractivity (Wildman–Crippen MR) is 99.2 cm³/mol. The fourth-order valence-corrected chi connectivity index (χ4v) is 4.14. The maximum atomic E-state index is 12.5. The van der Waals surface area contributed by atoms with Crippen molar-refractivity contribution in [1.29, 1.82) is 5.26 Å². The minimum atomic E-state index is -0.209. The van der Waals surface area contributed by atoms with Crippen molar-refractivity contribution < 1.29 is 9.53 Å². The number of benzene rings is 1. The van der Waals surface area contributed by atoms with E-state index in [0.717, 1.165) is 30.8 Å². The Morgan fingerprint density at radius 1 is 1.36 bits per heavy atom. The first kappa shape index (κ1) is 17.5. The minimum absolute atomic E-state index is 0.0911. The summed E-state index contributed by atoms with van der Waals surface area (Å²) in [5.74, 6) is 0.526. The lowest BCUT2D eigenvalue weighted by Crippen LogP contribution is -2.25. The van der Waals surface area contributed by atoms with Gasteiger partial charge in [-0.15, -0.1) is 11.3 Å². The van der Waals surface area contributed by atoms with E-state index in [0.29, 0.717) is 16.1 Å². The maximum absolute atomic E-state index is 12.5. The molecular formula is C19H21N3O2S. The topological polar surface area (TPSA) is 65.4 Å². The summed E-state index contributed by atoms with van der Waals surface area (Å²) in [6.07, 6.45) is 0.941. The quantitative estimate of drug-likeness (QED) is 0.909. The average Bonchev–Trinajstić information content (AvgIpc) is 2.90. The van der Waals surface area contributed by atoms with Crippen LogP contribution in [0.2, 0.25) is 0 Å². The molecule has 1 aromatic heterocycles. The van der Waals surface area contributed by atoms with E-state index in [1.807, 2.05) is 13.8 Å². The number of carbonyl (C=O) groups is 1. The van der Waals surface area contributed by atoms with Gasteiger partial charge in [0.05, 0.1) is 11.7 Å². The second-order valence-corrected chi connectivity index (χ2v) is 7.56. The molecule has 2 heterocycles. The van der Waals surface area contributed by atoms with Crippen molar-refractivity contribution in [3.8, 4) is 11.8 Å². The van der Waals surface area contributed by atoms with Crippen molar-refractivity contribution in [2.75, 3.05) is 18.9 Å². The van der Waals surface area contributed by atoms with Crippen molar-refractivity contribution in [2.24, 2.45) is 0 Å². The Balaban J connectivity index is 1.78. The first-order chi connectivity index (χ1) is 12.0. The van der Waals surface area contributed by atoms with Crippen LogP contribution in [0.3, 0.4) is 0 Å². The smallest absolute Gasteiger partial charge is 0.256 e. The molecule has 3 rings (SSSR count). The molecule has 130 valence electrons. The number of nitriles is 1. The van der Waals surface area contributed by atoms with E-state index in [2.05, 4.69) is 23.3 Å². The van der Waals surface area contributed by atoms with Gasteiger partial charge in [0, 0.05) is 23.5 Å². The second kappa shape index (κ2) is 7.26. The summed E-state index contributed by atoms with van der Waals surface area (Å²) < 4.78 is 5.59. The number of ether oxygens (including phenoxy) is 1. The van der Waals surface area contributed by atoms with E-state index in [-0.39, 0.29) is 12.0 Å². The lowest BCUT2D eigenvalue weighted by Gasteiger charge is -2.21. The van der Waals surface area contributed by atoms with Crippen molar-refractivity contribution in [1.82, 2.24) is 4.90 Å². The molecule has 25 heavy (non-hydrogen) atoms. The average molecular weight is 355 g/mol. The number of carbonyl (C=O) groups excluding carboxylic acids is 1. The summed E-state index contributed by atoms with van der Waals surface area (Å²) in [6.45, 7) is 5.68. The molecule has 0 atom stereocenters. The van der Waals surface area contributed by atoms with Gasteiger partial charge in [-0.05, 0) is 57.1 Å². The Labute approximate surface area is 151 Å². The number of likely N-dealkylation sites (N-methyl/N-ethyl adjacent to an activating group) is 1. The minimum Gasteiger partial charge on any atom is -0.491 e. The van der Waals surface area contributed by atoms with E-state index in [4.69, 9.17) is 4.74 Å². The molecule has 1 aliphatic heterocycles.